The molecule has 0 atom stereocenters. The second kappa shape index (κ2) is 3.18. The summed E-state index contributed by atoms with van der Waals surface area (Å²) < 4.78 is 22.2. The second-order valence-electron chi connectivity index (χ2n) is 3.14. The van der Waals surface area contributed by atoms with Crippen LogP contribution in [0.1, 0.15) is 0 Å². The quantitative estimate of drug-likeness (QED) is 0.733. The Balaban J connectivity index is 2.73. The third-order valence-corrected chi connectivity index (χ3v) is 2.92. The average molecular weight is 223 g/mol. The van der Waals surface area contributed by atoms with Crippen molar-refractivity contribution >= 4 is 26.7 Å². The van der Waals surface area contributed by atoms with E-state index in [-0.39, 0.29) is 4.90 Å². The Labute approximate surface area is 86.8 Å². The van der Waals surface area contributed by atoms with Crippen LogP contribution in [0, 0.1) is 0 Å². The number of anilines is 1. The van der Waals surface area contributed by atoms with Gasteiger partial charge in [-0.2, -0.15) is 0 Å². The highest BCUT2D eigenvalue weighted by Gasteiger charge is 2.08. The van der Waals surface area contributed by atoms with Gasteiger partial charge < -0.3 is 5.73 Å². The zero-order valence-corrected chi connectivity index (χ0v) is 8.53. The number of sulfonamides is 1. The van der Waals surface area contributed by atoms with Crippen LogP contribution in [0.2, 0.25) is 0 Å². The summed E-state index contributed by atoms with van der Waals surface area (Å²) in [5, 5.41) is 5.70. The van der Waals surface area contributed by atoms with Gasteiger partial charge in [-0.25, -0.2) is 18.5 Å². The Morgan fingerprint density at radius 3 is 2.53 bits per heavy atom. The maximum Gasteiger partial charge on any atom is 0.238 e. The van der Waals surface area contributed by atoms with E-state index >= 15 is 0 Å². The number of pyridine rings is 1. The summed E-state index contributed by atoms with van der Waals surface area (Å²) in [5.74, 6) is 0.394. The SMILES string of the molecule is Nc1ccc2cc(S(N)(=O)=O)ccc2n1. The molecule has 1 heterocycles. The number of fused-ring (bicyclic) bond motifs is 1. The lowest BCUT2D eigenvalue weighted by Gasteiger charge is -2.01. The van der Waals surface area contributed by atoms with Crippen molar-refractivity contribution < 1.29 is 8.42 Å². The molecule has 0 aliphatic carbocycles. The topological polar surface area (TPSA) is 99.1 Å². The molecule has 0 unspecified atom stereocenters. The second-order valence-corrected chi connectivity index (χ2v) is 4.70. The van der Waals surface area contributed by atoms with Gasteiger partial charge in [0.05, 0.1) is 10.4 Å². The van der Waals surface area contributed by atoms with Gasteiger partial charge in [-0.1, -0.05) is 0 Å². The molecule has 6 heteroatoms. The highest BCUT2D eigenvalue weighted by Crippen LogP contribution is 2.17. The number of nitrogens with zero attached hydrogens (tertiary/aromatic N) is 1. The Kier molecular flexibility index (Phi) is 2.09. The minimum atomic E-state index is -3.66. The largest absolute Gasteiger partial charge is 0.384 e. The number of rotatable bonds is 1. The molecule has 0 saturated carbocycles. The molecular formula is C9H9N3O2S. The van der Waals surface area contributed by atoms with Crippen LogP contribution < -0.4 is 10.9 Å². The molecule has 0 saturated heterocycles. The van der Waals surface area contributed by atoms with E-state index in [1.54, 1.807) is 18.2 Å². The predicted molar refractivity (Wildman–Crippen MR) is 57.5 cm³/mol. The molecule has 2 aromatic rings. The van der Waals surface area contributed by atoms with Crippen molar-refractivity contribution in [2.75, 3.05) is 5.73 Å². The van der Waals surface area contributed by atoms with Gasteiger partial charge in [0, 0.05) is 5.39 Å². The van der Waals surface area contributed by atoms with Gasteiger partial charge in [-0.3, -0.25) is 0 Å². The first-order chi connectivity index (χ1) is 6.97. The molecule has 0 aliphatic rings. The van der Waals surface area contributed by atoms with Gasteiger partial charge in [0.2, 0.25) is 10.0 Å². The van der Waals surface area contributed by atoms with Crippen LogP contribution in [-0.2, 0) is 10.0 Å². The van der Waals surface area contributed by atoms with Gasteiger partial charge in [0.1, 0.15) is 5.82 Å². The van der Waals surface area contributed by atoms with E-state index in [2.05, 4.69) is 4.98 Å². The maximum absolute atomic E-state index is 11.1. The van der Waals surface area contributed by atoms with Gasteiger partial charge in [0.15, 0.2) is 0 Å². The summed E-state index contributed by atoms with van der Waals surface area (Å²) in [5.41, 5.74) is 6.13. The summed E-state index contributed by atoms with van der Waals surface area (Å²) in [7, 11) is -3.66. The molecule has 78 valence electrons. The molecule has 2 rings (SSSR count). The van der Waals surface area contributed by atoms with Crippen molar-refractivity contribution in [2.45, 2.75) is 4.90 Å². The van der Waals surface area contributed by atoms with E-state index < -0.39 is 10.0 Å². The van der Waals surface area contributed by atoms with Crippen LogP contribution in [0.25, 0.3) is 10.9 Å². The zero-order chi connectivity index (χ0) is 11.1. The van der Waals surface area contributed by atoms with E-state index in [1.165, 1.54) is 12.1 Å². The lowest BCUT2D eigenvalue weighted by molar-refractivity contribution is 0.598. The van der Waals surface area contributed by atoms with Crippen molar-refractivity contribution in [1.82, 2.24) is 4.98 Å². The van der Waals surface area contributed by atoms with Crippen molar-refractivity contribution in [1.29, 1.82) is 0 Å². The van der Waals surface area contributed by atoms with Crippen LogP contribution >= 0.6 is 0 Å². The molecule has 1 aromatic carbocycles. The Morgan fingerprint density at radius 2 is 1.87 bits per heavy atom. The highest BCUT2D eigenvalue weighted by molar-refractivity contribution is 7.89. The minimum Gasteiger partial charge on any atom is -0.384 e. The van der Waals surface area contributed by atoms with E-state index in [0.717, 1.165) is 0 Å². The molecule has 0 spiro atoms. The molecule has 0 amide bonds. The van der Waals surface area contributed by atoms with Crippen molar-refractivity contribution in [3.63, 3.8) is 0 Å². The van der Waals surface area contributed by atoms with Crippen molar-refractivity contribution in [3.05, 3.63) is 30.3 Å². The number of primary sulfonamides is 1. The standard InChI is InChI=1S/C9H9N3O2S/c10-9-4-1-6-5-7(15(11,13)14)2-3-8(6)12-9/h1-5H,(H2,10,12)(H2,11,13,14). The van der Waals surface area contributed by atoms with Crippen LogP contribution in [0.5, 0.6) is 0 Å². The number of nitrogens with two attached hydrogens (primary N) is 2. The van der Waals surface area contributed by atoms with Crippen LogP contribution in [0.15, 0.2) is 35.2 Å². The van der Waals surface area contributed by atoms with Gasteiger partial charge in [0.25, 0.3) is 0 Å². The molecule has 4 N–H and O–H groups in total. The smallest absolute Gasteiger partial charge is 0.238 e. The zero-order valence-electron chi connectivity index (χ0n) is 7.71. The van der Waals surface area contributed by atoms with E-state index in [0.29, 0.717) is 16.7 Å². The Morgan fingerprint density at radius 1 is 1.13 bits per heavy atom. The maximum atomic E-state index is 11.1. The van der Waals surface area contributed by atoms with Gasteiger partial charge in [-0.15, -0.1) is 0 Å². The summed E-state index contributed by atoms with van der Waals surface area (Å²) in [6, 6.07) is 7.76. The highest BCUT2D eigenvalue weighted by atomic mass is 32.2. The fourth-order valence-corrected chi connectivity index (χ4v) is 1.85. The van der Waals surface area contributed by atoms with Crippen LogP contribution in [-0.4, -0.2) is 13.4 Å². The predicted octanol–water partition coefficient (Wildman–Crippen LogP) is 0.464. The normalized spacial score (nSPS) is 11.8. The van der Waals surface area contributed by atoms with E-state index in [4.69, 9.17) is 10.9 Å². The first kappa shape index (κ1) is 9.88. The molecule has 0 aliphatic heterocycles. The summed E-state index contributed by atoms with van der Waals surface area (Å²) in [4.78, 5) is 4.11. The third-order valence-electron chi connectivity index (χ3n) is 2.01. The fourth-order valence-electron chi connectivity index (χ4n) is 1.30. The van der Waals surface area contributed by atoms with Gasteiger partial charge >= 0.3 is 0 Å². The van der Waals surface area contributed by atoms with E-state index in [9.17, 15) is 8.42 Å². The number of hydrogen-bond donors (Lipinski definition) is 2. The summed E-state index contributed by atoms with van der Waals surface area (Å²) in [6.07, 6.45) is 0. The Hall–Kier alpha value is -1.66. The van der Waals surface area contributed by atoms with Gasteiger partial charge in [-0.05, 0) is 30.3 Å². The average Bonchev–Trinajstić information content (AvgIpc) is 2.15. The third kappa shape index (κ3) is 1.90. The first-order valence-corrected chi connectivity index (χ1v) is 5.70. The molecule has 0 bridgehead atoms. The Bertz CT molecular complexity index is 622. The lowest BCUT2D eigenvalue weighted by Crippen LogP contribution is -2.11. The molecule has 0 radical (unpaired) electrons. The molecular weight excluding hydrogens is 214 g/mol. The monoisotopic (exact) mass is 223 g/mol. The number of hydrogen-bond acceptors (Lipinski definition) is 4. The minimum absolute atomic E-state index is 0.0709. The summed E-state index contributed by atoms with van der Waals surface area (Å²) in [6.45, 7) is 0. The molecule has 5 nitrogen and oxygen atoms in total. The molecule has 0 fully saturated rings. The summed E-state index contributed by atoms with van der Waals surface area (Å²) >= 11 is 0. The van der Waals surface area contributed by atoms with Crippen molar-refractivity contribution in [2.24, 2.45) is 5.14 Å². The fraction of sp³-hybridized carbons (Fsp3) is 0. The van der Waals surface area contributed by atoms with Crippen LogP contribution in [0.4, 0.5) is 5.82 Å². The van der Waals surface area contributed by atoms with Crippen molar-refractivity contribution in [3.8, 4) is 0 Å². The number of benzene rings is 1. The number of aromatic nitrogens is 1. The first-order valence-electron chi connectivity index (χ1n) is 4.16. The lowest BCUT2D eigenvalue weighted by atomic mass is 10.2. The molecule has 15 heavy (non-hydrogen) atoms. The van der Waals surface area contributed by atoms with E-state index in [1.807, 2.05) is 0 Å². The van der Waals surface area contributed by atoms with Crippen LogP contribution in [0.3, 0.4) is 0 Å². The molecule has 1 aromatic heterocycles. The number of nitrogen functional groups attached to an aromatic ring is 1.